The topological polar surface area (TPSA) is 41.6 Å². The molecule has 0 saturated carbocycles. The van der Waals surface area contributed by atoms with E-state index in [-0.39, 0.29) is 12.1 Å². The number of nitrogens with one attached hydrogen (secondary N) is 1. The van der Waals surface area contributed by atoms with E-state index in [0.29, 0.717) is 19.6 Å². The van der Waals surface area contributed by atoms with Crippen molar-refractivity contribution in [2.45, 2.75) is 39.3 Å². The molecule has 0 radical (unpaired) electrons. The summed E-state index contributed by atoms with van der Waals surface area (Å²) in [7, 11) is 0. The molecular formula is C10H20N2O2. The van der Waals surface area contributed by atoms with Crippen molar-refractivity contribution in [1.29, 1.82) is 0 Å². The van der Waals surface area contributed by atoms with Crippen LogP contribution in [0.4, 0.5) is 4.79 Å². The van der Waals surface area contributed by atoms with Crippen LogP contribution in [0.2, 0.25) is 1.41 Å². The number of nitrogens with zero attached hydrogens (tertiary/aromatic N) is 1. The Morgan fingerprint density at radius 3 is 2.79 bits per heavy atom. The molecule has 0 aromatic rings. The van der Waals surface area contributed by atoms with Crippen LogP contribution in [0.3, 0.4) is 0 Å². The van der Waals surface area contributed by atoms with Gasteiger partial charge in [-0.3, -0.25) is 0 Å². The molecule has 1 fully saturated rings. The monoisotopic (exact) mass is 201 g/mol. The van der Waals surface area contributed by atoms with Crippen molar-refractivity contribution in [2.75, 3.05) is 19.6 Å². The van der Waals surface area contributed by atoms with E-state index in [9.17, 15) is 4.79 Å². The van der Waals surface area contributed by atoms with Crippen LogP contribution in [0.5, 0.6) is 0 Å². The van der Waals surface area contributed by atoms with Crippen LogP contribution < -0.4 is 5.31 Å². The smallest absolute Gasteiger partial charge is 0.410 e. The molecule has 1 rings (SSSR count). The zero-order valence-electron chi connectivity index (χ0n) is 10.4. The van der Waals surface area contributed by atoms with Gasteiger partial charge in [-0.25, -0.2) is 4.79 Å². The first kappa shape index (κ1) is 9.77. The van der Waals surface area contributed by atoms with E-state index in [1.165, 1.54) is 5.31 Å². The van der Waals surface area contributed by atoms with Gasteiger partial charge in [-0.1, -0.05) is 0 Å². The van der Waals surface area contributed by atoms with E-state index >= 15 is 0 Å². The third-order valence-corrected chi connectivity index (χ3v) is 1.95. The van der Waals surface area contributed by atoms with Crippen molar-refractivity contribution in [3.63, 3.8) is 0 Å². The molecule has 0 aromatic heterocycles. The van der Waals surface area contributed by atoms with Crippen LogP contribution in [0.15, 0.2) is 0 Å². The number of piperazine rings is 1. The SMILES string of the molecule is [2H]N1CCN(C(=O)OC(C)(C)C)C[C@@H]1C. The summed E-state index contributed by atoms with van der Waals surface area (Å²) in [6.45, 7) is 9.23. The van der Waals surface area contributed by atoms with Gasteiger partial charge in [-0.05, 0) is 27.7 Å². The van der Waals surface area contributed by atoms with Crippen molar-refractivity contribution in [3.05, 3.63) is 0 Å². The maximum Gasteiger partial charge on any atom is 0.410 e. The van der Waals surface area contributed by atoms with Crippen molar-refractivity contribution < 1.29 is 10.9 Å². The molecule has 0 spiro atoms. The molecule has 1 heterocycles. The van der Waals surface area contributed by atoms with E-state index in [2.05, 4.69) is 0 Å². The summed E-state index contributed by atoms with van der Waals surface area (Å²) in [6, 6.07) is 0.0752. The molecule has 0 aliphatic carbocycles. The van der Waals surface area contributed by atoms with Crippen LogP contribution in [0, 0.1) is 0 Å². The molecule has 4 nitrogen and oxygen atoms in total. The molecule has 82 valence electrons. The molecule has 1 N–H and O–H groups in total. The van der Waals surface area contributed by atoms with Gasteiger partial charge < -0.3 is 14.9 Å². The van der Waals surface area contributed by atoms with Crippen molar-refractivity contribution in [1.82, 2.24) is 10.2 Å². The molecule has 1 saturated heterocycles. The van der Waals surface area contributed by atoms with Crippen LogP contribution >= 0.6 is 0 Å². The molecule has 1 aliphatic rings. The molecule has 1 aliphatic heterocycles. The fraction of sp³-hybridized carbons (Fsp3) is 0.900. The average molecular weight is 201 g/mol. The fourth-order valence-corrected chi connectivity index (χ4v) is 1.36. The average Bonchev–Trinajstić information content (AvgIpc) is 2.06. The molecule has 0 aromatic carbocycles. The zero-order chi connectivity index (χ0) is 11.6. The molecule has 1 atom stereocenters. The summed E-state index contributed by atoms with van der Waals surface area (Å²) in [6.07, 6.45) is -0.276. The summed E-state index contributed by atoms with van der Waals surface area (Å²) >= 11 is 0. The van der Waals surface area contributed by atoms with Crippen LogP contribution in [0.25, 0.3) is 0 Å². The van der Waals surface area contributed by atoms with E-state index in [1.807, 2.05) is 27.7 Å². The zero-order valence-corrected chi connectivity index (χ0v) is 9.41. The molecule has 0 bridgehead atoms. The lowest BCUT2D eigenvalue weighted by Crippen LogP contribution is -2.52. The number of rotatable bonds is 0. The van der Waals surface area contributed by atoms with Crippen molar-refractivity contribution in [2.24, 2.45) is 0 Å². The summed E-state index contributed by atoms with van der Waals surface area (Å²) in [4.78, 5) is 13.4. The first-order valence-electron chi connectivity index (χ1n) is 5.48. The third kappa shape index (κ3) is 3.54. The minimum atomic E-state index is -0.446. The van der Waals surface area contributed by atoms with E-state index in [0.717, 1.165) is 0 Å². The molecule has 1 amide bonds. The Morgan fingerprint density at radius 1 is 1.64 bits per heavy atom. The molecule has 0 unspecified atom stereocenters. The number of carbonyl (C=O) groups excluding carboxylic acids is 1. The Morgan fingerprint density at radius 2 is 2.29 bits per heavy atom. The lowest BCUT2D eigenvalue weighted by molar-refractivity contribution is 0.0201. The molecular weight excluding hydrogens is 180 g/mol. The summed E-state index contributed by atoms with van der Waals surface area (Å²) in [5.41, 5.74) is -0.446. The van der Waals surface area contributed by atoms with Gasteiger partial charge >= 0.3 is 6.09 Å². The van der Waals surface area contributed by atoms with Crippen molar-refractivity contribution in [3.8, 4) is 0 Å². The van der Waals surface area contributed by atoms with E-state index in [1.54, 1.807) is 4.90 Å². The summed E-state index contributed by atoms with van der Waals surface area (Å²) in [5.74, 6) is 0. The van der Waals surface area contributed by atoms with Gasteiger partial charge in [-0.15, -0.1) is 0 Å². The first-order valence-corrected chi connectivity index (χ1v) is 5.03. The van der Waals surface area contributed by atoms with Gasteiger partial charge in [0, 0.05) is 25.7 Å². The van der Waals surface area contributed by atoms with Gasteiger partial charge in [0.05, 0.1) is 0 Å². The highest BCUT2D eigenvalue weighted by Crippen LogP contribution is 2.11. The normalized spacial score (nSPS) is 25.9. The van der Waals surface area contributed by atoms with Gasteiger partial charge in [0.1, 0.15) is 7.01 Å². The van der Waals surface area contributed by atoms with Gasteiger partial charge in [-0.2, -0.15) is 0 Å². The minimum Gasteiger partial charge on any atom is -0.444 e. The highest BCUT2D eigenvalue weighted by molar-refractivity contribution is 5.68. The third-order valence-electron chi connectivity index (χ3n) is 1.95. The maximum atomic E-state index is 11.7. The second-order valence-corrected chi connectivity index (χ2v) is 4.68. The van der Waals surface area contributed by atoms with Crippen LogP contribution in [0.1, 0.15) is 27.7 Å². The lowest BCUT2D eigenvalue weighted by atomic mass is 10.2. The van der Waals surface area contributed by atoms with Gasteiger partial charge in [0.15, 0.2) is 0 Å². The lowest BCUT2D eigenvalue weighted by Gasteiger charge is -2.33. The van der Waals surface area contributed by atoms with E-state index in [4.69, 9.17) is 6.15 Å². The number of hydrogen-bond acceptors (Lipinski definition) is 3. The number of amides is 1. The van der Waals surface area contributed by atoms with Crippen molar-refractivity contribution >= 4 is 6.09 Å². The molecule has 4 heteroatoms. The maximum absolute atomic E-state index is 11.7. The Kier molecular flexibility index (Phi) is 2.91. The fourth-order valence-electron chi connectivity index (χ4n) is 1.36. The molecule has 14 heavy (non-hydrogen) atoms. The first-order chi connectivity index (χ1) is 6.79. The van der Waals surface area contributed by atoms with Gasteiger partial charge in [0.25, 0.3) is 0 Å². The highest BCUT2D eigenvalue weighted by atomic mass is 16.6. The van der Waals surface area contributed by atoms with Crippen LogP contribution in [-0.4, -0.2) is 42.3 Å². The van der Waals surface area contributed by atoms with Gasteiger partial charge in [0.2, 0.25) is 0 Å². The minimum absolute atomic E-state index is 0.0752. The summed E-state index contributed by atoms with van der Waals surface area (Å²) in [5, 5.41) is 1.50. The largest absolute Gasteiger partial charge is 0.444 e. The van der Waals surface area contributed by atoms with Crippen LogP contribution in [-0.2, 0) is 4.74 Å². The highest BCUT2D eigenvalue weighted by Gasteiger charge is 2.25. The number of ether oxygens (including phenoxy) is 1. The standard InChI is InChI=1S/C10H20N2O2/c1-8-7-12(6-5-11-8)9(13)14-10(2,3)4/h8,11H,5-7H2,1-4H3/t8-/m0/s1/i/hD. The Bertz CT molecular complexity index is 240. The predicted molar refractivity (Wildman–Crippen MR) is 55.3 cm³/mol. The quantitative estimate of drug-likeness (QED) is 0.640. The number of hydrogen-bond donors (Lipinski definition) is 1. The second-order valence-electron chi connectivity index (χ2n) is 4.68. The Balaban J connectivity index is 2.48. The van der Waals surface area contributed by atoms with E-state index < -0.39 is 5.60 Å². The Hall–Kier alpha value is -0.770. The summed E-state index contributed by atoms with van der Waals surface area (Å²) < 4.78 is 12.8. The number of carbonyl (C=O) groups is 1. The Labute approximate surface area is 87.1 Å². The predicted octanol–water partition coefficient (Wildman–Crippen LogP) is 1.22. The second kappa shape index (κ2) is 4.17.